The zero-order valence-electron chi connectivity index (χ0n) is 12.6. The van der Waals surface area contributed by atoms with Gasteiger partial charge in [0.05, 0.1) is 13.7 Å². The van der Waals surface area contributed by atoms with Crippen molar-refractivity contribution in [3.63, 3.8) is 0 Å². The highest BCUT2D eigenvalue weighted by Gasteiger charge is 2.23. The molecule has 110 valence electrons. The summed E-state index contributed by atoms with van der Waals surface area (Å²) in [5.41, 5.74) is 3.56. The molecule has 0 amide bonds. The van der Waals surface area contributed by atoms with Crippen molar-refractivity contribution in [2.45, 2.75) is 32.2 Å². The second-order valence-corrected chi connectivity index (χ2v) is 5.55. The summed E-state index contributed by atoms with van der Waals surface area (Å²) in [5, 5.41) is 9.35. The SMILES string of the molecule is C=C(CCN1CCCC1CO)c1cc(OC)ccc1C. The molecule has 1 aromatic rings. The highest BCUT2D eigenvalue weighted by molar-refractivity contribution is 5.67. The fourth-order valence-electron chi connectivity index (χ4n) is 2.92. The van der Waals surface area contributed by atoms with Gasteiger partial charge in [-0.3, -0.25) is 4.90 Å². The lowest BCUT2D eigenvalue weighted by Crippen LogP contribution is -2.33. The van der Waals surface area contributed by atoms with Gasteiger partial charge in [0.1, 0.15) is 5.75 Å². The molecule has 1 aromatic carbocycles. The van der Waals surface area contributed by atoms with Crippen molar-refractivity contribution in [2.75, 3.05) is 26.8 Å². The van der Waals surface area contributed by atoms with Crippen LogP contribution >= 0.6 is 0 Å². The normalized spacial score (nSPS) is 19.2. The van der Waals surface area contributed by atoms with E-state index in [1.165, 1.54) is 17.5 Å². The number of rotatable bonds is 6. The minimum Gasteiger partial charge on any atom is -0.497 e. The summed E-state index contributed by atoms with van der Waals surface area (Å²) in [7, 11) is 1.69. The molecule has 20 heavy (non-hydrogen) atoms. The molecule has 1 saturated heterocycles. The average molecular weight is 275 g/mol. The lowest BCUT2D eigenvalue weighted by atomic mass is 9.99. The molecule has 0 bridgehead atoms. The maximum Gasteiger partial charge on any atom is 0.119 e. The van der Waals surface area contributed by atoms with E-state index in [1.54, 1.807) is 7.11 Å². The summed E-state index contributed by atoms with van der Waals surface area (Å²) in [6.07, 6.45) is 3.24. The first-order valence-corrected chi connectivity index (χ1v) is 7.33. The third-order valence-electron chi connectivity index (χ3n) is 4.24. The Balaban J connectivity index is 1.98. The smallest absolute Gasteiger partial charge is 0.119 e. The molecule has 1 atom stereocenters. The number of aliphatic hydroxyl groups is 1. The highest BCUT2D eigenvalue weighted by Crippen LogP contribution is 2.26. The van der Waals surface area contributed by atoms with Crippen LogP contribution in [0.4, 0.5) is 0 Å². The number of methoxy groups -OCH3 is 1. The fourth-order valence-corrected chi connectivity index (χ4v) is 2.92. The van der Waals surface area contributed by atoms with Crippen LogP contribution in [0.1, 0.15) is 30.4 Å². The predicted octanol–water partition coefficient (Wildman–Crippen LogP) is 2.86. The molecule has 0 saturated carbocycles. The van der Waals surface area contributed by atoms with Crippen LogP contribution in [0.5, 0.6) is 5.75 Å². The maximum absolute atomic E-state index is 9.35. The Hall–Kier alpha value is -1.32. The molecule has 1 heterocycles. The molecule has 0 radical (unpaired) electrons. The first-order chi connectivity index (χ1) is 9.65. The van der Waals surface area contributed by atoms with Gasteiger partial charge in [0.15, 0.2) is 0 Å². The van der Waals surface area contributed by atoms with Crippen molar-refractivity contribution in [2.24, 2.45) is 0 Å². The van der Waals surface area contributed by atoms with Gasteiger partial charge in [0.25, 0.3) is 0 Å². The molecular weight excluding hydrogens is 250 g/mol. The summed E-state index contributed by atoms with van der Waals surface area (Å²) in [6.45, 7) is 8.67. The average Bonchev–Trinajstić information content (AvgIpc) is 2.92. The van der Waals surface area contributed by atoms with Gasteiger partial charge in [0.2, 0.25) is 0 Å². The Morgan fingerprint density at radius 3 is 3.00 bits per heavy atom. The van der Waals surface area contributed by atoms with Crippen molar-refractivity contribution in [1.29, 1.82) is 0 Å². The van der Waals surface area contributed by atoms with Crippen molar-refractivity contribution < 1.29 is 9.84 Å². The Bertz CT molecular complexity index is 470. The van der Waals surface area contributed by atoms with Gasteiger partial charge in [-0.25, -0.2) is 0 Å². The lowest BCUT2D eigenvalue weighted by molar-refractivity contribution is 0.161. The predicted molar refractivity (Wildman–Crippen MR) is 83.1 cm³/mol. The number of ether oxygens (including phenoxy) is 1. The van der Waals surface area contributed by atoms with Crippen molar-refractivity contribution >= 4 is 5.57 Å². The van der Waals surface area contributed by atoms with Crippen molar-refractivity contribution in [3.8, 4) is 5.75 Å². The lowest BCUT2D eigenvalue weighted by Gasteiger charge is -2.23. The van der Waals surface area contributed by atoms with E-state index in [9.17, 15) is 5.11 Å². The molecule has 3 heteroatoms. The molecular formula is C17H25NO2. The van der Waals surface area contributed by atoms with Crippen LogP contribution < -0.4 is 4.74 Å². The van der Waals surface area contributed by atoms with Crippen LogP contribution in [0.3, 0.4) is 0 Å². The van der Waals surface area contributed by atoms with Crippen LogP contribution in [0.2, 0.25) is 0 Å². The summed E-state index contributed by atoms with van der Waals surface area (Å²) in [6, 6.07) is 6.46. The third-order valence-corrected chi connectivity index (χ3v) is 4.24. The van der Waals surface area contributed by atoms with Gasteiger partial charge >= 0.3 is 0 Å². The van der Waals surface area contributed by atoms with E-state index in [4.69, 9.17) is 4.74 Å². The Morgan fingerprint density at radius 1 is 1.50 bits per heavy atom. The number of hydrogen-bond acceptors (Lipinski definition) is 3. The molecule has 1 aliphatic heterocycles. The number of likely N-dealkylation sites (tertiary alicyclic amines) is 1. The van der Waals surface area contributed by atoms with E-state index in [-0.39, 0.29) is 6.61 Å². The molecule has 3 nitrogen and oxygen atoms in total. The monoisotopic (exact) mass is 275 g/mol. The van der Waals surface area contributed by atoms with Gasteiger partial charge in [-0.1, -0.05) is 12.6 Å². The first kappa shape index (κ1) is 15.1. The molecule has 2 rings (SSSR count). The third kappa shape index (κ3) is 3.41. The second-order valence-electron chi connectivity index (χ2n) is 5.55. The first-order valence-electron chi connectivity index (χ1n) is 7.33. The minimum atomic E-state index is 0.269. The van der Waals surface area contributed by atoms with Crippen molar-refractivity contribution in [3.05, 3.63) is 35.9 Å². The number of hydrogen-bond donors (Lipinski definition) is 1. The zero-order chi connectivity index (χ0) is 14.5. The Kier molecular flexibility index (Phi) is 5.21. The van der Waals surface area contributed by atoms with Crippen LogP contribution in [0.15, 0.2) is 24.8 Å². The minimum absolute atomic E-state index is 0.269. The molecule has 1 aliphatic rings. The molecule has 0 aromatic heterocycles. The van der Waals surface area contributed by atoms with Crippen LogP contribution in [0.25, 0.3) is 5.57 Å². The molecule has 1 N–H and O–H groups in total. The molecule has 0 spiro atoms. The summed E-state index contributed by atoms with van der Waals surface area (Å²) >= 11 is 0. The van der Waals surface area contributed by atoms with E-state index >= 15 is 0 Å². The van der Waals surface area contributed by atoms with Gasteiger partial charge in [-0.15, -0.1) is 0 Å². The van der Waals surface area contributed by atoms with E-state index < -0.39 is 0 Å². The van der Waals surface area contributed by atoms with E-state index in [0.29, 0.717) is 6.04 Å². The maximum atomic E-state index is 9.35. The highest BCUT2D eigenvalue weighted by atomic mass is 16.5. The number of aryl methyl sites for hydroxylation is 1. The number of aliphatic hydroxyl groups excluding tert-OH is 1. The zero-order valence-corrected chi connectivity index (χ0v) is 12.6. The Morgan fingerprint density at radius 2 is 2.30 bits per heavy atom. The van der Waals surface area contributed by atoms with Gasteiger partial charge in [-0.05, 0) is 61.6 Å². The number of nitrogens with zero attached hydrogens (tertiary/aromatic N) is 1. The van der Waals surface area contributed by atoms with Gasteiger partial charge in [-0.2, -0.15) is 0 Å². The largest absolute Gasteiger partial charge is 0.497 e. The summed E-state index contributed by atoms with van der Waals surface area (Å²) in [4.78, 5) is 2.38. The fraction of sp³-hybridized carbons (Fsp3) is 0.529. The summed E-state index contributed by atoms with van der Waals surface area (Å²) in [5.74, 6) is 0.876. The molecule has 1 unspecified atom stereocenters. The second kappa shape index (κ2) is 6.91. The van der Waals surface area contributed by atoms with Crippen LogP contribution in [-0.2, 0) is 0 Å². The Labute approximate surface area is 121 Å². The standard InChI is InChI=1S/C17H25NO2/c1-13-6-7-16(20-3)11-17(13)14(2)8-10-18-9-4-5-15(18)12-19/h6-7,11,15,19H,2,4-5,8-10,12H2,1,3H3. The van der Waals surface area contributed by atoms with E-state index in [0.717, 1.165) is 37.3 Å². The topological polar surface area (TPSA) is 32.7 Å². The van der Waals surface area contributed by atoms with Crippen LogP contribution in [-0.4, -0.2) is 42.9 Å². The van der Waals surface area contributed by atoms with E-state index in [1.807, 2.05) is 6.07 Å². The molecule has 0 aliphatic carbocycles. The van der Waals surface area contributed by atoms with E-state index in [2.05, 4.69) is 30.5 Å². The molecule has 1 fully saturated rings. The quantitative estimate of drug-likeness (QED) is 0.866. The van der Waals surface area contributed by atoms with Gasteiger partial charge in [0, 0.05) is 12.6 Å². The van der Waals surface area contributed by atoms with Crippen molar-refractivity contribution in [1.82, 2.24) is 4.90 Å². The number of benzene rings is 1. The summed E-state index contributed by atoms with van der Waals surface area (Å²) < 4.78 is 5.29. The van der Waals surface area contributed by atoms with Crippen LogP contribution in [0, 0.1) is 6.92 Å². The van der Waals surface area contributed by atoms with Gasteiger partial charge < -0.3 is 9.84 Å².